The Bertz CT molecular complexity index is 473. The van der Waals surface area contributed by atoms with Crippen LogP contribution in [-0.4, -0.2) is 23.8 Å². The van der Waals surface area contributed by atoms with Gasteiger partial charge < -0.3 is 15.5 Å². The third-order valence-electron chi connectivity index (χ3n) is 3.22. The maximum absolute atomic E-state index is 9.98. The number of nitrogens with two attached hydrogens (primary N) is 1. The molecule has 0 fully saturated rings. The van der Waals surface area contributed by atoms with Crippen LogP contribution in [0.15, 0.2) is 18.2 Å². The zero-order valence-corrected chi connectivity index (χ0v) is 11.3. The Balaban J connectivity index is 2.82. The minimum atomic E-state index is -0.953. The Morgan fingerprint density at radius 2 is 1.89 bits per heavy atom. The van der Waals surface area contributed by atoms with Gasteiger partial charge in [0.25, 0.3) is 0 Å². The number of anilines is 1. The summed E-state index contributed by atoms with van der Waals surface area (Å²) in [5, 5.41) is 18.8. The summed E-state index contributed by atoms with van der Waals surface area (Å²) in [4.78, 5) is 0. The van der Waals surface area contributed by atoms with Gasteiger partial charge in [-0.2, -0.15) is 5.26 Å². The largest absolute Gasteiger partial charge is 0.427 e. The van der Waals surface area contributed by atoms with E-state index < -0.39 is 11.2 Å². The van der Waals surface area contributed by atoms with E-state index in [1.165, 1.54) is 0 Å². The van der Waals surface area contributed by atoms with E-state index in [0.29, 0.717) is 18.7 Å². The van der Waals surface area contributed by atoms with Gasteiger partial charge in [-0.1, -0.05) is 0 Å². The summed E-state index contributed by atoms with van der Waals surface area (Å²) in [5.41, 5.74) is 5.93. The Hall–Kier alpha value is -1.51. The molecule has 1 aromatic rings. The Morgan fingerprint density at radius 1 is 1.28 bits per heavy atom. The third kappa shape index (κ3) is 3.49. The number of nitrogen functional groups attached to an aromatic ring is 1. The monoisotopic (exact) mass is 246 g/mol. The van der Waals surface area contributed by atoms with Crippen molar-refractivity contribution in [1.82, 2.24) is 0 Å². The number of aliphatic hydroxyl groups is 1. The molecule has 0 saturated carbocycles. The standard InChI is InChI=1S/C13H19BN2O2/c1-12(2,17)13(3,4)18-14-10-5-9(8-15)6-11(16)7-10/h5-7,14,17H,16H2,1-4H3. The number of hydrogen-bond donors (Lipinski definition) is 2. The van der Waals surface area contributed by atoms with Gasteiger partial charge >= 0.3 is 7.48 Å². The van der Waals surface area contributed by atoms with E-state index in [-0.39, 0.29) is 0 Å². The van der Waals surface area contributed by atoms with E-state index in [0.717, 1.165) is 5.46 Å². The molecule has 0 bridgehead atoms. The molecule has 0 aliphatic carbocycles. The summed E-state index contributed by atoms with van der Waals surface area (Å²) in [6.07, 6.45) is 0. The van der Waals surface area contributed by atoms with Gasteiger partial charge in [0, 0.05) is 5.69 Å². The lowest BCUT2D eigenvalue weighted by molar-refractivity contribution is -0.0893. The van der Waals surface area contributed by atoms with Gasteiger partial charge in [-0.05, 0) is 51.4 Å². The van der Waals surface area contributed by atoms with Crippen LogP contribution in [0.2, 0.25) is 0 Å². The highest BCUT2D eigenvalue weighted by Crippen LogP contribution is 2.24. The second-order valence-electron chi connectivity index (χ2n) is 5.43. The number of benzene rings is 1. The lowest BCUT2D eigenvalue weighted by Crippen LogP contribution is -2.49. The zero-order chi connectivity index (χ0) is 14.0. The summed E-state index contributed by atoms with van der Waals surface area (Å²) < 4.78 is 5.72. The van der Waals surface area contributed by atoms with Crippen LogP contribution in [0, 0.1) is 11.3 Å². The van der Waals surface area contributed by atoms with Gasteiger partial charge in [0.05, 0.1) is 22.8 Å². The molecule has 0 heterocycles. The van der Waals surface area contributed by atoms with Crippen molar-refractivity contribution in [3.05, 3.63) is 23.8 Å². The van der Waals surface area contributed by atoms with Crippen LogP contribution in [-0.2, 0) is 4.65 Å². The minimum absolute atomic E-state index is 0.302. The Labute approximate surface area is 109 Å². The van der Waals surface area contributed by atoms with Crippen molar-refractivity contribution in [3.63, 3.8) is 0 Å². The van der Waals surface area contributed by atoms with Gasteiger partial charge in [0.15, 0.2) is 0 Å². The summed E-state index contributed by atoms with van der Waals surface area (Å²) in [5.74, 6) is 0. The Morgan fingerprint density at radius 3 is 2.39 bits per heavy atom. The van der Waals surface area contributed by atoms with Crippen LogP contribution in [0.5, 0.6) is 0 Å². The summed E-state index contributed by atoms with van der Waals surface area (Å²) in [7, 11) is 0.302. The summed E-state index contributed by atoms with van der Waals surface area (Å²) in [6, 6.07) is 7.16. The van der Waals surface area contributed by atoms with Crippen molar-refractivity contribution >= 4 is 18.6 Å². The van der Waals surface area contributed by atoms with Crippen LogP contribution in [0.4, 0.5) is 5.69 Å². The highest BCUT2D eigenvalue weighted by molar-refractivity contribution is 6.47. The van der Waals surface area contributed by atoms with Crippen LogP contribution in [0.25, 0.3) is 0 Å². The lowest BCUT2D eigenvalue weighted by Gasteiger charge is -2.37. The van der Waals surface area contributed by atoms with Crippen molar-refractivity contribution in [2.75, 3.05) is 5.73 Å². The van der Waals surface area contributed by atoms with Crippen molar-refractivity contribution in [2.45, 2.75) is 38.9 Å². The molecule has 3 N–H and O–H groups in total. The molecule has 0 spiro atoms. The summed E-state index contributed by atoms with van der Waals surface area (Å²) >= 11 is 0. The van der Waals surface area contributed by atoms with Crippen LogP contribution < -0.4 is 11.2 Å². The minimum Gasteiger partial charge on any atom is -0.427 e. The fourth-order valence-corrected chi connectivity index (χ4v) is 1.31. The molecule has 18 heavy (non-hydrogen) atoms. The number of hydrogen-bond acceptors (Lipinski definition) is 4. The quantitative estimate of drug-likeness (QED) is 0.605. The number of rotatable bonds is 4. The van der Waals surface area contributed by atoms with E-state index in [4.69, 9.17) is 15.6 Å². The van der Waals surface area contributed by atoms with Crippen LogP contribution in [0.3, 0.4) is 0 Å². The van der Waals surface area contributed by atoms with Crippen molar-refractivity contribution in [3.8, 4) is 6.07 Å². The average molecular weight is 246 g/mol. The van der Waals surface area contributed by atoms with Crippen LogP contribution in [0.1, 0.15) is 33.3 Å². The van der Waals surface area contributed by atoms with Gasteiger partial charge in [-0.15, -0.1) is 0 Å². The molecule has 0 unspecified atom stereocenters. The molecular formula is C13H19BN2O2. The molecule has 4 nitrogen and oxygen atoms in total. The zero-order valence-electron chi connectivity index (χ0n) is 11.3. The first-order chi connectivity index (χ1) is 8.15. The second kappa shape index (κ2) is 5.01. The molecule has 1 aromatic carbocycles. The molecule has 0 amide bonds. The smallest absolute Gasteiger partial charge is 0.309 e. The highest BCUT2D eigenvalue weighted by Gasteiger charge is 2.35. The summed E-state index contributed by atoms with van der Waals surface area (Å²) in [6.45, 7) is 7.05. The molecule has 0 atom stereocenters. The highest BCUT2D eigenvalue weighted by atomic mass is 16.5. The molecule has 1 rings (SSSR count). The normalized spacial score (nSPS) is 12.0. The Kier molecular flexibility index (Phi) is 4.05. The fourth-order valence-electron chi connectivity index (χ4n) is 1.31. The molecule has 0 aliphatic rings. The van der Waals surface area contributed by atoms with E-state index in [9.17, 15) is 5.11 Å². The van der Waals surface area contributed by atoms with E-state index in [2.05, 4.69) is 6.07 Å². The molecule has 0 aromatic heterocycles. The predicted molar refractivity (Wildman–Crippen MR) is 73.8 cm³/mol. The molecule has 5 heteroatoms. The van der Waals surface area contributed by atoms with Gasteiger partial charge in [0.2, 0.25) is 0 Å². The first kappa shape index (κ1) is 14.6. The molecule has 96 valence electrons. The number of nitrogens with zero attached hydrogens (tertiary/aromatic N) is 1. The van der Waals surface area contributed by atoms with Crippen molar-refractivity contribution in [1.29, 1.82) is 5.26 Å². The predicted octanol–water partition coefficient (Wildman–Crippen LogP) is 0.683. The lowest BCUT2D eigenvalue weighted by atomic mass is 9.82. The third-order valence-corrected chi connectivity index (χ3v) is 3.22. The van der Waals surface area contributed by atoms with Crippen LogP contribution >= 0.6 is 0 Å². The maximum Gasteiger partial charge on any atom is 0.309 e. The molecule has 0 radical (unpaired) electrons. The van der Waals surface area contributed by atoms with Gasteiger partial charge in [0.1, 0.15) is 0 Å². The fraction of sp³-hybridized carbons (Fsp3) is 0.462. The molecular weight excluding hydrogens is 227 g/mol. The van der Waals surface area contributed by atoms with Crippen molar-refractivity contribution in [2.24, 2.45) is 0 Å². The van der Waals surface area contributed by atoms with E-state index in [1.807, 2.05) is 13.8 Å². The van der Waals surface area contributed by atoms with Gasteiger partial charge in [-0.3, -0.25) is 0 Å². The van der Waals surface area contributed by atoms with Crippen molar-refractivity contribution < 1.29 is 9.76 Å². The molecule has 0 aliphatic heterocycles. The second-order valence-corrected chi connectivity index (χ2v) is 5.43. The van der Waals surface area contributed by atoms with E-state index >= 15 is 0 Å². The average Bonchev–Trinajstić information content (AvgIpc) is 2.24. The first-order valence-electron chi connectivity index (χ1n) is 5.81. The molecule has 0 saturated heterocycles. The topological polar surface area (TPSA) is 79.3 Å². The maximum atomic E-state index is 9.98. The number of nitriles is 1. The first-order valence-corrected chi connectivity index (χ1v) is 5.81. The SMILES string of the molecule is CC(C)(O)C(C)(C)OBc1cc(N)cc(C#N)c1. The van der Waals surface area contributed by atoms with Gasteiger partial charge in [-0.25, -0.2) is 0 Å². The van der Waals surface area contributed by atoms with E-state index in [1.54, 1.807) is 32.0 Å².